The van der Waals surface area contributed by atoms with Gasteiger partial charge in [-0.05, 0) is 18.2 Å². The van der Waals surface area contributed by atoms with E-state index in [1.807, 2.05) is 30.3 Å². The van der Waals surface area contributed by atoms with Gasteiger partial charge in [-0.2, -0.15) is 5.10 Å². The number of aromatic nitrogens is 2. The number of amides is 2. The summed E-state index contributed by atoms with van der Waals surface area (Å²) >= 11 is 6.12. The number of ether oxygens (including phenoxy) is 1. The molecule has 1 aliphatic rings. The van der Waals surface area contributed by atoms with Gasteiger partial charge in [-0.1, -0.05) is 41.9 Å². The minimum atomic E-state index is -0.762. The summed E-state index contributed by atoms with van der Waals surface area (Å²) in [5, 5.41) is 10.5. The molecule has 0 saturated carbocycles. The fourth-order valence-corrected chi connectivity index (χ4v) is 3.36. The van der Waals surface area contributed by atoms with Gasteiger partial charge < -0.3 is 15.4 Å². The molecule has 1 aliphatic heterocycles. The highest BCUT2D eigenvalue weighted by Gasteiger charge is 2.32. The molecule has 2 N–H and O–H groups in total. The molecule has 0 unspecified atom stereocenters. The zero-order chi connectivity index (χ0) is 19.7. The maximum Gasteiger partial charge on any atom is 0.249 e. The second-order valence-corrected chi connectivity index (χ2v) is 6.74. The van der Waals surface area contributed by atoms with Crippen molar-refractivity contribution in [2.24, 2.45) is 0 Å². The Hall–Kier alpha value is -3.32. The Kier molecular flexibility index (Phi) is 4.75. The molecule has 1 aromatic heterocycles. The van der Waals surface area contributed by atoms with Gasteiger partial charge in [0.1, 0.15) is 17.6 Å². The summed E-state index contributed by atoms with van der Waals surface area (Å²) in [6.07, 6.45) is -0.00136. The molecule has 2 amide bonds. The van der Waals surface area contributed by atoms with Crippen molar-refractivity contribution in [3.05, 3.63) is 59.6 Å². The van der Waals surface area contributed by atoms with Crippen molar-refractivity contribution >= 4 is 34.9 Å². The average molecular weight is 397 g/mol. The molecule has 0 aliphatic carbocycles. The summed E-state index contributed by atoms with van der Waals surface area (Å²) in [6.45, 7) is 0. The Bertz CT molecular complexity index is 1050. The van der Waals surface area contributed by atoms with Crippen molar-refractivity contribution in [2.45, 2.75) is 12.5 Å². The highest BCUT2D eigenvalue weighted by atomic mass is 35.5. The van der Waals surface area contributed by atoms with Gasteiger partial charge in [-0.3, -0.25) is 9.59 Å². The SMILES string of the molecule is COc1ccc(NC(=O)[C@H]2CC(=O)Nc3cc(-c4ccccc4)nn32)cc1Cl. The summed E-state index contributed by atoms with van der Waals surface area (Å²) in [6, 6.07) is 15.5. The van der Waals surface area contributed by atoms with E-state index < -0.39 is 6.04 Å². The zero-order valence-corrected chi connectivity index (χ0v) is 15.7. The molecule has 3 aromatic rings. The maximum atomic E-state index is 12.9. The summed E-state index contributed by atoms with van der Waals surface area (Å²) < 4.78 is 6.66. The predicted octanol–water partition coefficient (Wildman–Crippen LogP) is 3.73. The quantitative estimate of drug-likeness (QED) is 0.703. The van der Waals surface area contributed by atoms with E-state index in [0.717, 1.165) is 5.56 Å². The van der Waals surface area contributed by atoms with Crippen LogP contribution in [0.5, 0.6) is 5.75 Å². The lowest BCUT2D eigenvalue weighted by Crippen LogP contribution is -2.35. The molecule has 4 rings (SSSR count). The lowest BCUT2D eigenvalue weighted by atomic mass is 10.1. The van der Waals surface area contributed by atoms with Crippen LogP contribution in [0, 0.1) is 0 Å². The summed E-state index contributed by atoms with van der Waals surface area (Å²) in [5.41, 5.74) is 2.10. The number of hydrogen-bond acceptors (Lipinski definition) is 4. The van der Waals surface area contributed by atoms with Gasteiger partial charge in [-0.15, -0.1) is 0 Å². The fourth-order valence-electron chi connectivity index (χ4n) is 3.10. The first kappa shape index (κ1) is 18.1. The average Bonchev–Trinajstić information content (AvgIpc) is 3.12. The monoisotopic (exact) mass is 396 g/mol. The van der Waals surface area contributed by atoms with E-state index in [9.17, 15) is 9.59 Å². The molecule has 28 heavy (non-hydrogen) atoms. The van der Waals surface area contributed by atoms with E-state index in [2.05, 4.69) is 15.7 Å². The normalized spacial score (nSPS) is 15.5. The molecule has 0 saturated heterocycles. The minimum absolute atomic E-state index is 0.00136. The smallest absolute Gasteiger partial charge is 0.249 e. The molecule has 142 valence electrons. The van der Waals surface area contributed by atoms with Gasteiger partial charge in [0.05, 0.1) is 24.2 Å². The van der Waals surface area contributed by atoms with Crippen LogP contribution < -0.4 is 15.4 Å². The second-order valence-electron chi connectivity index (χ2n) is 6.33. The van der Waals surface area contributed by atoms with Crippen LogP contribution in [0.1, 0.15) is 12.5 Å². The topological polar surface area (TPSA) is 85.2 Å². The van der Waals surface area contributed by atoms with Crippen LogP contribution in [0.2, 0.25) is 5.02 Å². The van der Waals surface area contributed by atoms with Crippen molar-refractivity contribution < 1.29 is 14.3 Å². The summed E-state index contributed by atoms with van der Waals surface area (Å²) in [7, 11) is 1.52. The molecule has 0 bridgehead atoms. The van der Waals surface area contributed by atoms with Gasteiger partial charge in [0.2, 0.25) is 11.8 Å². The van der Waals surface area contributed by atoms with E-state index in [0.29, 0.717) is 28.0 Å². The number of anilines is 2. The molecule has 2 heterocycles. The molecule has 1 atom stereocenters. The maximum absolute atomic E-state index is 12.9. The third kappa shape index (κ3) is 3.44. The van der Waals surface area contributed by atoms with Crippen LogP contribution in [-0.2, 0) is 9.59 Å². The lowest BCUT2D eigenvalue weighted by molar-refractivity contribution is -0.125. The van der Waals surface area contributed by atoms with E-state index >= 15 is 0 Å². The third-order valence-electron chi connectivity index (χ3n) is 4.47. The molecular weight excluding hydrogens is 380 g/mol. The van der Waals surface area contributed by atoms with Crippen LogP contribution in [0.4, 0.5) is 11.5 Å². The van der Waals surface area contributed by atoms with Crippen LogP contribution in [0.25, 0.3) is 11.3 Å². The highest BCUT2D eigenvalue weighted by Crippen LogP contribution is 2.31. The van der Waals surface area contributed by atoms with Crippen molar-refractivity contribution in [1.29, 1.82) is 0 Å². The van der Waals surface area contributed by atoms with Crippen LogP contribution >= 0.6 is 11.6 Å². The number of benzene rings is 2. The standard InChI is InChI=1S/C20H17ClN4O3/c1-28-17-8-7-13(9-14(17)21)22-20(27)16-11-19(26)23-18-10-15(24-25(16)18)12-5-3-2-4-6-12/h2-10,16H,11H2,1H3,(H,22,27)(H,23,26)/t16-/m1/s1. The molecule has 8 heteroatoms. The number of halogens is 1. The van der Waals surface area contributed by atoms with Crippen molar-refractivity contribution in [3.63, 3.8) is 0 Å². The van der Waals surface area contributed by atoms with Gasteiger partial charge in [-0.25, -0.2) is 4.68 Å². The van der Waals surface area contributed by atoms with Crippen LogP contribution in [0.15, 0.2) is 54.6 Å². The number of rotatable bonds is 4. The number of hydrogen-bond donors (Lipinski definition) is 2. The fraction of sp³-hybridized carbons (Fsp3) is 0.150. The number of methoxy groups -OCH3 is 1. The van der Waals surface area contributed by atoms with Gasteiger partial charge in [0.15, 0.2) is 0 Å². The number of fused-ring (bicyclic) bond motifs is 1. The van der Waals surface area contributed by atoms with E-state index in [1.54, 1.807) is 28.9 Å². The van der Waals surface area contributed by atoms with E-state index in [1.165, 1.54) is 7.11 Å². The molecular formula is C20H17ClN4O3. The zero-order valence-electron chi connectivity index (χ0n) is 15.0. The Morgan fingerprint density at radius 1 is 1.25 bits per heavy atom. The first-order valence-corrected chi connectivity index (χ1v) is 9.02. The molecule has 0 spiro atoms. The Morgan fingerprint density at radius 3 is 2.75 bits per heavy atom. The van der Waals surface area contributed by atoms with Gasteiger partial charge >= 0.3 is 0 Å². The minimum Gasteiger partial charge on any atom is -0.495 e. The Labute approximate surface area is 166 Å². The third-order valence-corrected chi connectivity index (χ3v) is 4.76. The van der Waals surface area contributed by atoms with Gasteiger partial charge in [0.25, 0.3) is 0 Å². The van der Waals surface area contributed by atoms with Crippen molar-refractivity contribution in [1.82, 2.24) is 9.78 Å². The largest absolute Gasteiger partial charge is 0.495 e. The predicted molar refractivity (Wildman–Crippen MR) is 107 cm³/mol. The number of nitrogens with one attached hydrogen (secondary N) is 2. The lowest BCUT2D eigenvalue weighted by Gasteiger charge is -2.23. The van der Waals surface area contributed by atoms with E-state index in [4.69, 9.17) is 16.3 Å². The first-order valence-electron chi connectivity index (χ1n) is 8.64. The van der Waals surface area contributed by atoms with Crippen molar-refractivity contribution in [2.75, 3.05) is 17.7 Å². The van der Waals surface area contributed by atoms with Crippen molar-refractivity contribution in [3.8, 4) is 17.0 Å². The number of carbonyl (C=O) groups is 2. The number of carbonyl (C=O) groups excluding carboxylic acids is 2. The second kappa shape index (κ2) is 7.36. The van der Waals surface area contributed by atoms with E-state index in [-0.39, 0.29) is 18.2 Å². The first-order chi connectivity index (χ1) is 13.5. The summed E-state index contributed by atoms with van der Waals surface area (Å²) in [4.78, 5) is 25.0. The highest BCUT2D eigenvalue weighted by molar-refractivity contribution is 6.32. The van der Waals surface area contributed by atoms with Crippen LogP contribution in [0.3, 0.4) is 0 Å². The Balaban J connectivity index is 1.62. The van der Waals surface area contributed by atoms with Crippen LogP contribution in [-0.4, -0.2) is 28.7 Å². The van der Waals surface area contributed by atoms with Gasteiger partial charge in [0, 0.05) is 17.3 Å². The summed E-state index contributed by atoms with van der Waals surface area (Å²) in [5.74, 6) is 0.418. The molecule has 2 aromatic carbocycles. The molecule has 0 radical (unpaired) electrons. The molecule has 7 nitrogen and oxygen atoms in total. The number of nitrogens with zero attached hydrogens (tertiary/aromatic N) is 2. The Morgan fingerprint density at radius 2 is 2.04 bits per heavy atom. The molecule has 0 fully saturated rings.